The van der Waals surface area contributed by atoms with E-state index in [4.69, 9.17) is 0 Å². The number of para-hydroxylation sites is 1. The Balaban J connectivity index is 2.48. The molecular weight excluding hydrogens is 292 g/mol. The second-order valence-electron chi connectivity index (χ2n) is 5.71. The van der Waals surface area contributed by atoms with Crippen LogP contribution in [0.5, 0.6) is 0 Å². The van der Waals surface area contributed by atoms with E-state index in [2.05, 4.69) is 9.97 Å². The molecule has 1 aromatic carbocycles. The molecule has 0 spiro atoms. The molecule has 0 aliphatic heterocycles. The Kier molecular flexibility index (Phi) is 4.87. The van der Waals surface area contributed by atoms with Crippen LogP contribution in [0.25, 0.3) is 10.9 Å². The normalized spacial score (nSPS) is 12.1. The molecule has 2 N–H and O–H groups in total. The first-order valence-corrected chi connectivity index (χ1v) is 6.88. The minimum absolute atomic E-state index is 0.224. The molecular formula is C15H19F2N3O2. The third-order valence-corrected chi connectivity index (χ3v) is 3.54. The molecule has 0 saturated carbocycles. The minimum atomic E-state index is -2.76. The van der Waals surface area contributed by atoms with Gasteiger partial charge in [-0.2, -0.15) is 0 Å². The lowest BCUT2D eigenvalue weighted by Crippen LogP contribution is -2.39. The summed E-state index contributed by atoms with van der Waals surface area (Å²) in [5, 5.41) is 19.4. The fourth-order valence-corrected chi connectivity index (χ4v) is 2.26. The molecule has 5 nitrogen and oxygen atoms in total. The van der Waals surface area contributed by atoms with Gasteiger partial charge in [-0.1, -0.05) is 19.1 Å². The maximum Gasteiger partial charge on any atom is 0.297 e. The molecule has 1 aromatic heterocycles. The van der Waals surface area contributed by atoms with Crippen molar-refractivity contribution in [3.63, 3.8) is 0 Å². The summed E-state index contributed by atoms with van der Waals surface area (Å²) in [6, 6.07) is 6.91. The lowest BCUT2D eigenvalue weighted by Gasteiger charge is -2.31. The minimum Gasteiger partial charge on any atom is -0.396 e. The highest BCUT2D eigenvalue weighted by Crippen LogP contribution is 2.28. The standard InChI is InChI=1S/C15H19F2N3O2/c1-15(8-21,9-22)7-20(2)14-10-5-3-4-6-11(10)18-13(19-14)12(16)17/h3-6,12,21-22H,7-9H2,1-2H3. The molecule has 0 bridgehead atoms. The monoisotopic (exact) mass is 311 g/mol. The number of rotatable bonds is 6. The summed E-state index contributed by atoms with van der Waals surface area (Å²) in [4.78, 5) is 9.48. The highest BCUT2D eigenvalue weighted by atomic mass is 19.3. The van der Waals surface area contributed by atoms with Gasteiger partial charge in [0.1, 0.15) is 5.82 Å². The summed E-state index contributed by atoms with van der Waals surface area (Å²) in [7, 11) is 1.69. The summed E-state index contributed by atoms with van der Waals surface area (Å²) in [6.45, 7) is 1.53. The van der Waals surface area contributed by atoms with E-state index in [9.17, 15) is 19.0 Å². The Morgan fingerprint density at radius 3 is 2.41 bits per heavy atom. The van der Waals surface area contributed by atoms with Gasteiger partial charge in [0.15, 0.2) is 5.82 Å². The molecule has 0 aliphatic rings. The summed E-state index contributed by atoms with van der Waals surface area (Å²) in [6.07, 6.45) is -2.76. The number of aliphatic hydroxyl groups excluding tert-OH is 2. The van der Waals surface area contributed by atoms with Gasteiger partial charge < -0.3 is 15.1 Å². The first-order valence-electron chi connectivity index (χ1n) is 6.88. The number of anilines is 1. The topological polar surface area (TPSA) is 69.5 Å². The van der Waals surface area contributed by atoms with Crippen LogP contribution in [0.1, 0.15) is 19.2 Å². The highest BCUT2D eigenvalue weighted by Gasteiger charge is 2.26. The predicted octanol–water partition coefficient (Wildman–Crippen LogP) is 1.99. The van der Waals surface area contributed by atoms with Gasteiger partial charge in [-0.3, -0.25) is 0 Å². The smallest absolute Gasteiger partial charge is 0.297 e. The summed E-state index contributed by atoms with van der Waals surface area (Å²) in [5.74, 6) is -0.177. The molecule has 0 radical (unpaired) electrons. The molecule has 0 amide bonds. The molecule has 0 aliphatic carbocycles. The van der Waals surface area contributed by atoms with Crippen molar-refractivity contribution >= 4 is 16.7 Å². The summed E-state index contributed by atoms with van der Waals surface area (Å²) < 4.78 is 26.0. The maximum atomic E-state index is 13.0. The van der Waals surface area contributed by atoms with Crippen molar-refractivity contribution in [3.05, 3.63) is 30.1 Å². The van der Waals surface area contributed by atoms with Crippen molar-refractivity contribution in [1.29, 1.82) is 0 Å². The molecule has 2 aromatic rings. The van der Waals surface area contributed by atoms with Gasteiger partial charge in [-0.25, -0.2) is 18.7 Å². The van der Waals surface area contributed by atoms with Crippen LogP contribution in [0.3, 0.4) is 0 Å². The summed E-state index contributed by atoms with van der Waals surface area (Å²) in [5.41, 5.74) is -0.324. The van der Waals surface area contributed by atoms with Crippen molar-refractivity contribution in [3.8, 4) is 0 Å². The Hall–Kier alpha value is -1.86. The zero-order chi connectivity index (χ0) is 16.3. The maximum absolute atomic E-state index is 13.0. The highest BCUT2D eigenvalue weighted by molar-refractivity contribution is 5.89. The molecule has 2 rings (SSSR count). The first kappa shape index (κ1) is 16.5. The van der Waals surface area contributed by atoms with E-state index >= 15 is 0 Å². The van der Waals surface area contributed by atoms with Gasteiger partial charge in [0.05, 0.1) is 18.7 Å². The van der Waals surface area contributed by atoms with Gasteiger partial charge in [-0.15, -0.1) is 0 Å². The van der Waals surface area contributed by atoms with Crippen LogP contribution in [0.15, 0.2) is 24.3 Å². The predicted molar refractivity (Wildman–Crippen MR) is 80.0 cm³/mol. The number of hydrogen-bond donors (Lipinski definition) is 2. The van der Waals surface area contributed by atoms with Crippen molar-refractivity contribution in [2.24, 2.45) is 5.41 Å². The largest absolute Gasteiger partial charge is 0.396 e. The van der Waals surface area contributed by atoms with Gasteiger partial charge in [-0.05, 0) is 12.1 Å². The van der Waals surface area contributed by atoms with E-state index in [0.717, 1.165) is 0 Å². The number of alkyl halides is 2. The van der Waals surface area contributed by atoms with Crippen LogP contribution < -0.4 is 4.90 Å². The third-order valence-electron chi connectivity index (χ3n) is 3.54. The van der Waals surface area contributed by atoms with Crippen molar-refractivity contribution in [2.45, 2.75) is 13.3 Å². The SMILES string of the molecule is CN(CC(C)(CO)CO)c1nc(C(F)F)nc2ccccc12. The van der Waals surface area contributed by atoms with E-state index in [1.807, 2.05) is 0 Å². The van der Waals surface area contributed by atoms with Crippen LogP contribution in [0.2, 0.25) is 0 Å². The number of benzene rings is 1. The second-order valence-corrected chi connectivity index (χ2v) is 5.71. The van der Waals surface area contributed by atoms with Gasteiger partial charge in [0.25, 0.3) is 6.43 Å². The zero-order valence-electron chi connectivity index (χ0n) is 12.5. The first-order chi connectivity index (χ1) is 10.4. The number of nitrogens with zero attached hydrogens (tertiary/aromatic N) is 3. The summed E-state index contributed by atoms with van der Waals surface area (Å²) >= 11 is 0. The van der Waals surface area contributed by atoms with Crippen molar-refractivity contribution in [2.75, 3.05) is 31.7 Å². The molecule has 0 saturated heterocycles. The number of halogens is 2. The molecule has 120 valence electrons. The van der Waals surface area contributed by atoms with Gasteiger partial charge in [0, 0.05) is 24.4 Å². The zero-order valence-corrected chi connectivity index (χ0v) is 12.5. The van der Waals surface area contributed by atoms with E-state index in [-0.39, 0.29) is 19.8 Å². The quantitative estimate of drug-likeness (QED) is 0.854. The van der Waals surface area contributed by atoms with E-state index < -0.39 is 17.7 Å². The Morgan fingerprint density at radius 1 is 1.18 bits per heavy atom. The lowest BCUT2D eigenvalue weighted by atomic mass is 9.92. The average Bonchev–Trinajstić information content (AvgIpc) is 2.53. The lowest BCUT2D eigenvalue weighted by molar-refractivity contribution is 0.0761. The second kappa shape index (κ2) is 6.50. The fraction of sp³-hybridized carbons (Fsp3) is 0.467. The third kappa shape index (κ3) is 3.31. The molecule has 22 heavy (non-hydrogen) atoms. The number of hydrogen-bond acceptors (Lipinski definition) is 5. The van der Waals surface area contributed by atoms with Gasteiger partial charge in [0.2, 0.25) is 0 Å². The van der Waals surface area contributed by atoms with E-state index in [1.54, 1.807) is 43.1 Å². The molecule has 0 unspecified atom stereocenters. The fourth-order valence-electron chi connectivity index (χ4n) is 2.26. The van der Waals surface area contributed by atoms with Crippen LogP contribution in [0.4, 0.5) is 14.6 Å². The van der Waals surface area contributed by atoms with Crippen LogP contribution in [-0.2, 0) is 0 Å². The van der Waals surface area contributed by atoms with E-state index in [1.165, 1.54) is 0 Å². The number of aromatic nitrogens is 2. The number of aliphatic hydroxyl groups is 2. The average molecular weight is 311 g/mol. The number of fused-ring (bicyclic) bond motifs is 1. The van der Waals surface area contributed by atoms with Crippen LogP contribution in [0, 0.1) is 5.41 Å². The Bertz CT molecular complexity index is 648. The van der Waals surface area contributed by atoms with Crippen molar-refractivity contribution in [1.82, 2.24) is 9.97 Å². The van der Waals surface area contributed by atoms with Crippen LogP contribution in [-0.4, -0.2) is 47.0 Å². The van der Waals surface area contributed by atoms with E-state index in [0.29, 0.717) is 16.7 Å². The molecule has 1 heterocycles. The molecule has 7 heteroatoms. The van der Waals surface area contributed by atoms with Crippen LogP contribution >= 0.6 is 0 Å². The van der Waals surface area contributed by atoms with Gasteiger partial charge >= 0.3 is 0 Å². The Labute approximate surface area is 127 Å². The molecule has 0 atom stereocenters. The Morgan fingerprint density at radius 2 is 1.82 bits per heavy atom. The van der Waals surface area contributed by atoms with Crippen molar-refractivity contribution < 1.29 is 19.0 Å². The molecule has 0 fully saturated rings.